The Kier molecular flexibility index (Phi) is 2.86. The molecule has 1 aliphatic heterocycles. The Morgan fingerprint density at radius 3 is 2.84 bits per heavy atom. The smallest absolute Gasteiger partial charge is 0.253 e. The van der Waals surface area contributed by atoms with Gasteiger partial charge >= 0.3 is 0 Å². The molecule has 1 heterocycles. The maximum absolute atomic E-state index is 12.6. The molecule has 1 aromatic rings. The van der Waals surface area contributed by atoms with Crippen LogP contribution in [0.4, 0.5) is 5.69 Å². The first kappa shape index (κ1) is 12.9. The summed E-state index contributed by atoms with van der Waals surface area (Å²) in [5.41, 5.74) is 3.44. The number of benzene rings is 1. The molecule has 1 aromatic carbocycles. The lowest BCUT2D eigenvalue weighted by molar-refractivity contribution is -0.115. The Labute approximate surface area is 122 Å². The van der Waals surface area contributed by atoms with Crippen LogP contribution in [0.25, 0.3) is 0 Å². The molecule has 100 valence electrons. The summed E-state index contributed by atoms with van der Waals surface area (Å²) in [6.45, 7) is 4.42. The van der Waals surface area contributed by atoms with Crippen molar-refractivity contribution in [3.8, 4) is 0 Å². The number of allylic oxidation sites excluding steroid dienone is 1. The normalized spacial score (nSPS) is 24.6. The van der Waals surface area contributed by atoms with E-state index in [1.807, 2.05) is 19.2 Å². The van der Waals surface area contributed by atoms with Crippen LogP contribution in [0.15, 0.2) is 34.3 Å². The van der Waals surface area contributed by atoms with Crippen LogP contribution in [0.5, 0.6) is 0 Å². The van der Waals surface area contributed by atoms with E-state index in [-0.39, 0.29) is 11.3 Å². The van der Waals surface area contributed by atoms with Crippen molar-refractivity contribution >= 4 is 27.5 Å². The van der Waals surface area contributed by atoms with Gasteiger partial charge in [0.25, 0.3) is 5.91 Å². The average Bonchev–Trinajstić information content (AvgIpc) is 2.58. The third-order valence-corrected chi connectivity index (χ3v) is 4.67. The van der Waals surface area contributed by atoms with Gasteiger partial charge in [0.1, 0.15) is 0 Å². The molecular formula is C16H18BrNO. The predicted octanol–water partition coefficient (Wildman–Crippen LogP) is 3.94. The van der Waals surface area contributed by atoms with Crippen LogP contribution >= 0.6 is 15.9 Å². The minimum absolute atomic E-state index is 0.139. The van der Waals surface area contributed by atoms with Crippen molar-refractivity contribution in [1.82, 2.24) is 0 Å². The van der Waals surface area contributed by atoms with Crippen molar-refractivity contribution in [3.63, 3.8) is 0 Å². The number of amides is 1. The highest BCUT2D eigenvalue weighted by Crippen LogP contribution is 2.45. The zero-order valence-electron chi connectivity index (χ0n) is 11.5. The van der Waals surface area contributed by atoms with Gasteiger partial charge in [0, 0.05) is 22.8 Å². The number of carbonyl (C=O) groups excluding carboxylic acids is 1. The monoisotopic (exact) mass is 319 g/mol. The fourth-order valence-electron chi connectivity index (χ4n) is 3.37. The van der Waals surface area contributed by atoms with E-state index in [9.17, 15) is 4.79 Å². The van der Waals surface area contributed by atoms with Crippen molar-refractivity contribution < 1.29 is 4.79 Å². The fraction of sp³-hybridized carbons (Fsp3) is 0.438. The standard InChI is InChI=1S/C16H18BrNO/c1-16(2)8-11-6-10-7-12(17)4-5-14(10)18(3)15(19)13(11)9-16/h4-5,7,9,11H,6,8H2,1-3H3/t11-/m0/s1. The summed E-state index contributed by atoms with van der Waals surface area (Å²) in [6.07, 6.45) is 4.20. The van der Waals surface area contributed by atoms with E-state index in [4.69, 9.17) is 0 Å². The Bertz CT molecular complexity index is 588. The molecule has 0 aromatic heterocycles. The van der Waals surface area contributed by atoms with Crippen molar-refractivity contribution in [2.24, 2.45) is 11.3 Å². The number of halogens is 1. The summed E-state index contributed by atoms with van der Waals surface area (Å²) in [4.78, 5) is 14.4. The molecule has 2 aliphatic rings. The molecule has 2 nitrogen and oxygen atoms in total. The minimum atomic E-state index is 0.139. The van der Waals surface area contributed by atoms with Crippen LogP contribution in [0.2, 0.25) is 0 Å². The highest BCUT2D eigenvalue weighted by molar-refractivity contribution is 9.10. The fourth-order valence-corrected chi connectivity index (χ4v) is 3.78. The number of rotatable bonds is 0. The summed E-state index contributed by atoms with van der Waals surface area (Å²) in [7, 11) is 1.88. The SMILES string of the molecule is CN1C(=O)C2=CC(C)(C)C[C@@H]2Cc2cc(Br)ccc21. The quantitative estimate of drug-likeness (QED) is 0.709. The van der Waals surface area contributed by atoms with E-state index in [1.165, 1.54) is 5.56 Å². The van der Waals surface area contributed by atoms with Gasteiger partial charge in [0.15, 0.2) is 0 Å². The Morgan fingerprint density at radius 1 is 1.37 bits per heavy atom. The van der Waals surface area contributed by atoms with Crippen LogP contribution in [0, 0.1) is 11.3 Å². The summed E-state index contributed by atoms with van der Waals surface area (Å²) in [6, 6.07) is 6.18. The second kappa shape index (κ2) is 4.20. The highest BCUT2D eigenvalue weighted by Gasteiger charge is 2.39. The van der Waals surface area contributed by atoms with Gasteiger partial charge in [0.2, 0.25) is 0 Å². The summed E-state index contributed by atoms with van der Waals surface area (Å²) in [5, 5.41) is 0. The van der Waals surface area contributed by atoms with E-state index in [1.54, 1.807) is 4.90 Å². The molecule has 0 spiro atoms. The average molecular weight is 320 g/mol. The lowest BCUT2D eigenvalue weighted by Gasteiger charge is -2.19. The van der Waals surface area contributed by atoms with Crippen LogP contribution in [0.1, 0.15) is 25.8 Å². The molecule has 3 rings (SSSR count). The zero-order valence-corrected chi connectivity index (χ0v) is 13.1. The number of hydrogen-bond acceptors (Lipinski definition) is 1. The Balaban J connectivity index is 2.11. The third kappa shape index (κ3) is 2.14. The number of anilines is 1. The number of hydrogen-bond donors (Lipinski definition) is 0. The van der Waals surface area contributed by atoms with E-state index in [0.717, 1.165) is 28.6 Å². The summed E-state index contributed by atoms with van der Waals surface area (Å²) >= 11 is 3.53. The lowest BCUT2D eigenvalue weighted by Crippen LogP contribution is -2.27. The van der Waals surface area contributed by atoms with E-state index in [0.29, 0.717) is 5.92 Å². The van der Waals surface area contributed by atoms with E-state index >= 15 is 0 Å². The molecule has 0 fully saturated rings. The van der Waals surface area contributed by atoms with Crippen LogP contribution in [0.3, 0.4) is 0 Å². The molecule has 0 saturated heterocycles. The first-order valence-corrected chi connectivity index (χ1v) is 7.46. The van der Waals surface area contributed by atoms with E-state index in [2.05, 4.69) is 41.9 Å². The molecule has 1 amide bonds. The maximum Gasteiger partial charge on any atom is 0.253 e. The van der Waals surface area contributed by atoms with Gasteiger partial charge in [-0.25, -0.2) is 0 Å². The van der Waals surface area contributed by atoms with Gasteiger partial charge in [-0.05, 0) is 47.9 Å². The van der Waals surface area contributed by atoms with Crippen molar-refractivity contribution in [2.75, 3.05) is 11.9 Å². The Hall–Kier alpha value is -1.09. The van der Waals surface area contributed by atoms with Crippen LogP contribution in [-0.4, -0.2) is 13.0 Å². The number of likely N-dealkylation sites (N-methyl/N-ethyl adjacent to an activating group) is 1. The van der Waals surface area contributed by atoms with Gasteiger partial charge in [-0.2, -0.15) is 0 Å². The zero-order chi connectivity index (χ0) is 13.8. The molecular weight excluding hydrogens is 302 g/mol. The highest BCUT2D eigenvalue weighted by atomic mass is 79.9. The van der Waals surface area contributed by atoms with Crippen LogP contribution < -0.4 is 4.90 Å². The first-order valence-electron chi connectivity index (χ1n) is 6.67. The lowest BCUT2D eigenvalue weighted by atomic mass is 9.87. The molecule has 0 saturated carbocycles. The molecule has 0 radical (unpaired) electrons. The second-order valence-corrected chi connectivity index (χ2v) is 7.25. The third-order valence-electron chi connectivity index (χ3n) is 4.18. The van der Waals surface area contributed by atoms with Gasteiger partial charge in [-0.1, -0.05) is 35.9 Å². The molecule has 0 bridgehead atoms. The van der Waals surface area contributed by atoms with Gasteiger partial charge in [0.05, 0.1) is 0 Å². The first-order chi connectivity index (χ1) is 8.87. The minimum Gasteiger partial charge on any atom is -0.311 e. The number of carbonyl (C=O) groups is 1. The summed E-state index contributed by atoms with van der Waals surface area (Å²) in [5.74, 6) is 0.525. The van der Waals surface area contributed by atoms with Crippen molar-refractivity contribution in [2.45, 2.75) is 26.7 Å². The van der Waals surface area contributed by atoms with Gasteiger partial charge in [-0.3, -0.25) is 4.79 Å². The van der Waals surface area contributed by atoms with Gasteiger partial charge in [-0.15, -0.1) is 0 Å². The topological polar surface area (TPSA) is 20.3 Å². The van der Waals surface area contributed by atoms with E-state index < -0.39 is 0 Å². The summed E-state index contributed by atoms with van der Waals surface area (Å²) < 4.78 is 1.08. The molecule has 19 heavy (non-hydrogen) atoms. The largest absolute Gasteiger partial charge is 0.311 e. The van der Waals surface area contributed by atoms with Gasteiger partial charge < -0.3 is 4.90 Å². The molecule has 0 N–H and O–H groups in total. The van der Waals surface area contributed by atoms with Crippen molar-refractivity contribution in [1.29, 1.82) is 0 Å². The Morgan fingerprint density at radius 2 is 2.11 bits per heavy atom. The van der Waals surface area contributed by atoms with Crippen molar-refractivity contribution in [3.05, 3.63) is 39.9 Å². The molecule has 1 atom stereocenters. The van der Waals surface area contributed by atoms with Crippen LogP contribution in [-0.2, 0) is 11.2 Å². The maximum atomic E-state index is 12.6. The number of fused-ring (bicyclic) bond motifs is 2. The molecule has 3 heteroatoms. The molecule has 1 aliphatic carbocycles. The molecule has 0 unspecified atom stereocenters. The predicted molar refractivity (Wildman–Crippen MR) is 81.2 cm³/mol. The second-order valence-electron chi connectivity index (χ2n) is 6.33. The number of nitrogens with zero attached hydrogens (tertiary/aromatic N) is 1.